The van der Waals surface area contributed by atoms with Crippen LogP contribution in [-0.2, 0) is 6.54 Å². The first-order chi connectivity index (χ1) is 13.1. The number of nitrogens with zero attached hydrogens (tertiary/aromatic N) is 1. The van der Waals surface area contributed by atoms with E-state index in [9.17, 15) is 5.11 Å². The molecular formula is C21H19ClN2O2S. The standard InChI is InChI=1S/C21H19ClN2O2S/c1-26-20-13-15(7-12-19(20)25)14-24(18-10-8-16(22)9-11-18)21(27)23-17-5-3-2-4-6-17/h2-13,25H,14H2,1H3,(H,23,27). The molecule has 0 aliphatic rings. The SMILES string of the molecule is COc1cc(CN(C(=S)Nc2ccccc2)c2ccc(Cl)cc2)ccc1O. The molecule has 4 nitrogen and oxygen atoms in total. The number of methoxy groups -OCH3 is 1. The van der Waals surface area contributed by atoms with Gasteiger partial charge in [-0.05, 0) is 66.3 Å². The molecule has 2 N–H and O–H groups in total. The maximum atomic E-state index is 9.83. The van der Waals surface area contributed by atoms with Gasteiger partial charge >= 0.3 is 0 Å². The van der Waals surface area contributed by atoms with Crippen LogP contribution in [0.3, 0.4) is 0 Å². The number of nitrogens with one attached hydrogen (secondary N) is 1. The number of thiocarbonyl (C=S) groups is 1. The van der Waals surface area contributed by atoms with Crippen molar-refractivity contribution in [2.24, 2.45) is 0 Å². The Balaban J connectivity index is 1.89. The van der Waals surface area contributed by atoms with Crippen molar-refractivity contribution in [1.82, 2.24) is 0 Å². The molecule has 0 unspecified atom stereocenters. The van der Waals surface area contributed by atoms with Crippen LogP contribution in [0.25, 0.3) is 0 Å². The van der Waals surface area contributed by atoms with Crippen LogP contribution in [0.2, 0.25) is 5.02 Å². The summed E-state index contributed by atoms with van der Waals surface area (Å²) in [5, 5.41) is 14.3. The van der Waals surface area contributed by atoms with Crippen LogP contribution >= 0.6 is 23.8 Å². The lowest BCUT2D eigenvalue weighted by Gasteiger charge is -2.26. The zero-order chi connectivity index (χ0) is 19.2. The highest BCUT2D eigenvalue weighted by atomic mass is 35.5. The average molecular weight is 399 g/mol. The maximum Gasteiger partial charge on any atom is 0.178 e. The van der Waals surface area contributed by atoms with Crippen LogP contribution < -0.4 is 15.0 Å². The van der Waals surface area contributed by atoms with Crippen molar-refractivity contribution < 1.29 is 9.84 Å². The molecule has 3 rings (SSSR count). The topological polar surface area (TPSA) is 44.7 Å². The number of aromatic hydroxyl groups is 1. The molecule has 6 heteroatoms. The third kappa shape index (κ3) is 4.90. The predicted molar refractivity (Wildman–Crippen MR) is 115 cm³/mol. The second-order valence-electron chi connectivity index (χ2n) is 5.86. The summed E-state index contributed by atoms with van der Waals surface area (Å²) in [5.41, 5.74) is 2.75. The molecule has 0 atom stereocenters. The van der Waals surface area contributed by atoms with E-state index in [4.69, 9.17) is 28.6 Å². The Morgan fingerprint density at radius 3 is 2.44 bits per heavy atom. The van der Waals surface area contributed by atoms with Crippen molar-refractivity contribution in [3.8, 4) is 11.5 Å². The first-order valence-electron chi connectivity index (χ1n) is 8.32. The van der Waals surface area contributed by atoms with Gasteiger partial charge in [0, 0.05) is 16.4 Å². The molecule has 0 fully saturated rings. The minimum absolute atomic E-state index is 0.101. The normalized spacial score (nSPS) is 10.3. The van der Waals surface area contributed by atoms with Crippen molar-refractivity contribution >= 4 is 40.3 Å². The van der Waals surface area contributed by atoms with Crippen LogP contribution in [0.4, 0.5) is 11.4 Å². The second-order valence-corrected chi connectivity index (χ2v) is 6.69. The van der Waals surface area contributed by atoms with Gasteiger partial charge in [0.25, 0.3) is 0 Å². The number of phenolic OH excluding ortho intramolecular Hbond substituents is 1. The van der Waals surface area contributed by atoms with Gasteiger partial charge in [-0.15, -0.1) is 0 Å². The Hall–Kier alpha value is -2.76. The summed E-state index contributed by atoms with van der Waals surface area (Å²) >= 11 is 11.7. The van der Waals surface area contributed by atoms with Gasteiger partial charge in [0.05, 0.1) is 13.7 Å². The van der Waals surface area contributed by atoms with E-state index in [-0.39, 0.29) is 5.75 Å². The Kier molecular flexibility index (Phi) is 6.16. The lowest BCUT2D eigenvalue weighted by atomic mass is 10.1. The van der Waals surface area contributed by atoms with E-state index in [0.29, 0.717) is 22.4 Å². The van der Waals surface area contributed by atoms with Crippen LogP contribution in [0, 0.1) is 0 Å². The third-order valence-corrected chi connectivity index (χ3v) is 4.57. The molecule has 3 aromatic carbocycles. The molecule has 0 bridgehead atoms. The summed E-state index contributed by atoms with van der Waals surface area (Å²) in [5.74, 6) is 0.523. The molecule has 3 aromatic rings. The van der Waals surface area contributed by atoms with Gasteiger partial charge in [-0.1, -0.05) is 35.9 Å². The lowest BCUT2D eigenvalue weighted by Crippen LogP contribution is -2.34. The summed E-state index contributed by atoms with van der Waals surface area (Å²) in [4.78, 5) is 1.96. The first kappa shape index (κ1) is 19.0. The predicted octanol–water partition coefficient (Wildman–Crippen LogP) is 5.46. The summed E-state index contributed by atoms with van der Waals surface area (Å²) in [6.07, 6.45) is 0. The number of benzene rings is 3. The van der Waals surface area contributed by atoms with Crippen molar-refractivity contribution in [1.29, 1.82) is 0 Å². The minimum Gasteiger partial charge on any atom is -0.504 e. The molecule has 0 aliphatic heterocycles. The minimum atomic E-state index is 0.101. The number of hydrogen-bond donors (Lipinski definition) is 2. The van der Waals surface area contributed by atoms with Crippen LogP contribution in [-0.4, -0.2) is 17.3 Å². The number of halogens is 1. The molecule has 0 amide bonds. The van der Waals surface area contributed by atoms with Gasteiger partial charge < -0.3 is 20.1 Å². The Morgan fingerprint density at radius 2 is 1.78 bits per heavy atom. The summed E-state index contributed by atoms with van der Waals surface area (Å²) in [6.45, 7) is 0.497. The van der Waals surface area contributed by atoms with Crippen molar-refractivity contribution in [3.63, 3.8) is 0 Å². The van der Waals surface area contributed by atoms with E-state index < -0.39 is 0 Å². The molecule has 0 aromatic heterocycles. The first-order valence-corrected chi connectivity index (χ1v) is 9.10. The number of para-hydroxylation sites is 1. The largest absolute Gasteiger partial charge is 0.504 e. The molecule has 27 heavy (non-hydrogen) atoms. The highest BCUT2D eigenvalue weighted by Crippen LogP contribution is 2.28. The van der Waals surface area contributed by atoms with E-state index in [1.165, 1.54) is 7.11 Å². The Morgan fingerprint density at radius 1 is 1.07 bits per heavy atom. The van der Waals surface area contributed by atoms with Crippen LogP contribution in [0.5, 0.6) is 11.5 Å². The zero-order valence-electron chi connectivity index (χ0n) is 14.7. The van der Waals surface area contributed by atoms with Gasteiger partial charge in [-0.25, -0.2) is 0 Å². The highest BCUT2D eigenvalue weighted by molar-refractivity contribution is 7.80. The number of phenols is 1. The summed E-state index contributed by atoms with van der Waals surface area (Å²) in [6, 6.07) is 22.5. The van der Waals surface area contributed by atoms with E-state index in [0.717, 1.165) is 16.9 Å². The van der Waals surface area contributed by atoms with Gasteiger partial charge in [0.2, 0.25) is 0 Å². The van der Waals surface area contributed by atoms with E-state index >= 15 is 0 Å². The number of hydrogen-bond acceptors (Lipinski definition) is 3. The number of ether oxygens (including phenoxy) is 1. The molecule has 0 radical (unpaired) electrons. The fourth-order valence-electron chi connectivity index (χ4n) is 2.62. The average Bonchev–Trinajstić information content (AvgIpc) is 2.69. The van der Waals surface area contributed by atoms with Gasteiger partial charge in [-0.3, -0.25) is 0 Å². The smallest absolute Gasteiger partial charge is 0.178 e. The number of anilines is 2. The van der Waals surface area contributed by atoms with E-state index in [1.54, 1.807) is 12.1 Å². The Labute approximate surface area is 169 Å². The maximum absolute atomic E-state index is 9.83. The van der Waals surface area contributed by atoms with E-state index in [2.05, 4.69) is 5.32 Å². The van der Waals surface area contributed by atoms with Crippen LogP contribution in [0.15, 0.2) is 72.8 Å². The molecule has 138 valence electrons. The van der Waals surface area contributed by atoms with Gasteiger partial charge in [0.15, 0.2) is 16.6 Å². The highest BCUT2D eigenvalue weighted by Gasteiger charge is 2.15. The van der Waals surface area contributed by atoms with Crippen molar-refractivity contribution in [2.45, 2.75) is 6.54 Å². The lowest BCUT2D eigenvalue weighted by molar-refractivity contribution is 0.373. The molecule has 0 aliphatic carbocycles. The van der Waals surface area contributed by atoms with E-state index in [1.807, 2.05) is 65.6 Å². The molecule has 0 saturated heterocycles. The summed E-state index contributed by atoms with van der Waals surface area (Å²) < 4.78 is 5.21. The molecule has 0 saturated carbocycles. The van der Waals surface area contributed by atoms with Crippen molar-refractivity contribution in [2.75, 3.05) is 17.3 Å². The number of rotatable bonds is 5. The fourth-order valence-corrected chi connectivity index (χ4v) is 3.03. The van der Waals surface area contributed by atoms with Gasteiger partial charge in [-0.2, -0.15) is 0 Å². The second kappa shape index (κ2) is 8.75. The molecule has 0 spiro atoms. The molecular weight excluding hydrogens is 380 g/mol. The molecule has 0 heterocycles. The van der Waals surface area contributed by atoms with Crippen LogP contribution in [0.1, 0.15) is 5.56 Å². The zero-order valence-corrected chi connectivity index (χ0v) is 16.3. The monoisotopic (exact) mass is 398 g/mol. The third-order valence-electron chi connectivity index (χ3n) is 3.99. The fraction of sp³-hybridized carbons (Fsp3) is 0.0952. The Bertz CT molecular complexity index is 917. The van der Waals surface area contributed by atoms with Gasteiger partial charge in [0.1, 0.15) is 0 Å². The van der Waals surface area contributed by atoms with Crippen molar-refractivity contribution in [3.05, 3.63) is 83.4 Å². The quantitative estimate of drug-likeness (QED) is 0.559. The summed E-state index contributed by atoms with van der Waals surface area (Å²) in [7, 11) is 1.53.